The highest BCUT2D eigenvalue weighted by atomic mass is 32.1. The first-order chi connectivity index (χ1) is 16.6. The summed E-state index contributed by atoms with van der Waals surface area (Å²) in [5.41, 5.74) is 3.11. The first kappa shape index (κ1) is 22.2. The van der Waals surface area contributed by atoms with Gasteiger partial charge in [0.2, 0.25) is 5.65 Å². The lowest BCUT2D eigenvalue weighted by Gasteiger charge is -2.25. The van der Waals surface area contributed by atoms with Crippen molar-refractivity contribution < 1.29 is 9.53 Å². The van der Waals surface area contributed by atoms with E-state index >= 15 is 0 Å². The van der Waals surface area contributed by atoms with Crippen molar-refractivity contribution >= 4 is 45.0 Å². The molecule has 1 atom stereocenters. The highest BCUT2D eigenvalue weighted by Crippen LogP contribution is 2.25. The number of anilines is 3. The second-order valence-corrected chi connectivity index (χ2v) is 9.01. The number of amides is 1. The van der Waals surface area contributed by atoms with Crippen molar-refractivity contribution in [2.75, 3.05) is 41.8 Å². The molecule has 4 aromatic rings. The summed E-state index contributed by atoms with van der Waals surface area (Å²) in [6.07, 6.45) is 5.23. The predicted molar refractivity (Wildman–Crippen MR) is 133 cm³/mol. The Morgan fingerprint density at radius 3 is 2.91 bits per heavy atom. The van der Waals surface area contributed by atoms with Crippen LogP contribution in [0.1, 0.15) is 35.1 Å². The van der Waals surface area contributed by atoms with Crippen LogP contribution in [0.2, 0.25) is 0 Å². The normalized spacial score (nSPS) is 14.8. The van der Waals surface area contributed by atoms with Crippen LogP contribution >= 0.6 is 11.3 Å². The van der Waals surface area contributed by atoms with E-state index in [9.17, 15) is 4.79 Å². The summed E-state index contributed by atoms with van der Waals surface area (Å²) in [4.78, 5) is 29.0. The molecule has 2 N–H and O–H groups in total. The number of carbonyl (C=O) groups is 1. The molecule has 10 nitrogen and oxygen atoms in total. The molecule has 1 fully saturated rings. The number of aryl methyl sites for hydroxylation is 1. The van der Waals surface area contributed by atoms with Gasteiger partial charge in [0.05, 0.1) is 37.8 Å². The average molecular weight is 479 g/mol. The highest BCUT2D eigenvalue weighted by molar-refractivity contribution is 7.17. The summed E-state index contributed by atoms with van der Waals surface area (Å²) in [5.74, 6) is 0.480. The van der Waals surface area contributed by atoms with Crippen LogP contribution in [0.25, 0.3) is 11.2 Å². The Balaban J connectivity index is 1.25. The standard InChI is InChI=1S/C23H26N8O2S/c1-3-31-14-18-21(29-31)28-20(13-24-18)26-15(2)16-5-4-6-17(11-16)27-22(32)19-12-25-23(34-19)30-7-9-33-10-8-30/h4-6,11-15H,3,7-10H2,1-2H3,(H,27,32)(H,26,28,29)/t15-/m0/s1. The van der Waals surface area contributed by atoms with Crippen LogP contribution in [0, 0.1) is 0 Å². The number of nitrogens with zero attached hydrogens (tertiary/aromatic N) is 6. The minimum Gasteiger partial charge on any atom is -0.378 e. The van der Waals surface area contributed by atoms with E-state index in [2.05, 4.69) is 35.6 Å². The molecular formula is C23H26N8O2S. The molecule has 1 saturated heterocycles. The van der Waals surface area contributed by atoms with Crippen LogP contribution in [0.5, 0.6) is 0 Å². The average Bonchev–Trinajstić information content (AvgIpc) is 3.52. The van der Waals surface area contributed by atoms with Crippen molar-refractivity contribution in [3.63, 3.8) is 0 Å². The molecule has 176 valence electrons. The van der Waals surface area contributed by atoms with Crippen molar-refractivity contribution in [3.8, 4) is 0 Å². The molecule has 0 spiro atoms. The molecule has 1 amide bonds. The predicted octanol–water partition coefficient (Wildman–Crippen LogP) is 3.56. The number of aromatic nitrogens is 5. The lowest BCUT2D eigenvalue weighted by atomic mass is 10.1. The maximum atomic E-state index is 12.8. The van der Waals surface area contributed by atoms with Gasteiger partial charge in [-0.3, -0.25) is 9.48 Å². The lowest BCUT2D eigenvalue weighted by Crippen LogP contribution is -2.36. The number of morpholine rings is 1. The second-order valence-electron chi connectivity index (χ2n) is 8.00. The molecule has 1 aliphatic rings. The SMILES string of the molecule is CCn1cc2ncc(N[C@@H](C)c3cccc(NC(=O)c4cnc(N5CCOCC5)s4)c3)nc2n1. The van der Waals surface area contributed by atoms with E-state index < -0.39 is 0 Å². The van der Waals surface area contributed by atoms with Gasteiger partial charge >= 0.3 is 0 Å². The van der Waals surface area contributed by atoms with Gasteiger partial charge in [-0.05, 0) is 31.5 Å². The van der Waals surface area contributed by atoms with Gasteiger partial charge in [0.1, 0.15) is 16.2 Å². The van der Waals surface area contributed by atoms with Crippen LogP contribution in [0.4, 0.5) is 16.6 Å². The number of hydrogen-bond acceptors (Lipinski definition) is 9. The zero-order chi connectivity index (χ0) is 23.5. The van der Waals surface area contributed by atoms with Crippen LogP contribution in [-0.2, 0) is 11.3 Å². The van der Waals surface area contributed by atoms with Crippen molar-refractivity contribution in [1.29, 1.82) is 0 Å². The van der Waals surface area contributed by atoms with E-state index in [0.29, 0.717) is 29.6 Å². The molecular weight excluding hydrogens is 452 g/mol. The molecule has 0 unspecified atom stereocenters. The third-order valence-electron chi connectivity index (χ3n) is 5.61. The minimum atomic E-state index is -0.169. The summed E-state index contributed by atoms with van der Waals surface area (Å²) >= 11 is 1.40. The number of fused-ring (bicyclic) bond motifs is 1. The smallest absolute Gasteiger partial charge is 0.267 e. The number of ether oxygens (including phenoxy) is 1. The number of benzene rings is 1. The van der Waals surface area contributed by atoms with E-state index in [1.807, 2.05) is 49.0 Å². The second kappa shape index (κ2) is 9.74. The molecule has 4 heterocycles. The Morgan fingerprint density at radius 1 is 1.24 bits per heavy atom. The van der Waals surface area contributed by atoms with Gasteiger partial charge in [-0.25, -0.2) is 15.0 Å². The minimum absolute atomic E-state index is 0.0480. The molecule has 0 radical (unpaired) electrons. The first-order valence-corrected chi connectivity index (χ1v) is 12.1. The topological polar surface area (TPSA) is 110 Å². The zero-order valence-electron chi connectivity index (χ0n) is 19.1. The van der Waals surface area contributed by atoms with Gasteiger partial charge in [0, 0.05) is 25.3 Å². The Morgan fingerprint density at radius 2 is 2.09 bits per heavy atom. The van der Waals surface area contributed by atoms with Gasteiger partial charge in [0.25, 0.3) is 5.91 Å². The van der Waals surface area contributed by atoms with Gasteiger partial charge in [-0.2, -0.15) is 5.10 Å². The third kappa shape index (κ3) is 4.85. The van der Waals surface area contributed by atoms with Crippen LogP contribution < -0.4 is 15.5 Å². The third-order valence-corrected chi connectivity index (χ3v) is 6.66. The zero-order valence-corrected chi connectivity index (χ0v) is 19.9. The van der Waals surface area contributed by atoms with E-state index in [4.69, 9.17) is 4.74 Å². The van der Waals surface area contributed by atoms with Crippen LogP contribution in [0.3, 0.4) is 0 Å². The Labute approximate surface area is 201 Å². The van der Waals surface area contributed by atoms with Crippen molar-refractivity contribution in [2.45, 2.75) is 26.4 Å². The summed E-state index contributed by atoms with van der Waals surface area (Å²) in [6, 6.07) is 7.72. The maximum absolute atomic E-state index is 12.8. The Bertz CT molecular complexity index is 1300. The van der Waals surface area contributed by atoms with Crippen molar-refractivity contribution in [1.82, 2.24) is 24.7 Å². The molecule has 34 heavy (non-hydrogen) atoms. The lowest BCUT2D eigenvalue weighted by molar-refractivity contribution is 0.103. The largest absolute Gasteiger partial charge is 0.378 e. The van der Waals surface area contributed by atoms with Gasteiger partial charge < -0.3 is 20.3 Å². The Kier molecular flexibility index (Phi) is 6.37. The van der Waals surface area contributed by atoms with Gasteiger partial charge in [-0.15, -0.1) is 0 Å². The summed E-state index contributed by atoms with van der Waals surface area (Å²) < 4.78 is 7.20. The fourth-order valence-corrected chi connectivity index (χ4v) is 4.59. The molecule has 0 saturated carbocycles. The quantitative estimate of drug-likeness (QED) is 0.415. The molecule has 1 aromatic carbocycles. The van der Waals surface area contributed by atoms with Crippen molar-refractivity contribution in [2.24, 2.45) is 0 Å². The number of thiazole rings is 1. The first-order valence-electron chi connectivity index (χ1n) is 11.3. The summed E-state index contributed by atoms with van der Waals surface area (Å²) in [6.45, 7) is 7.78. The van der Waals surface area contributed by atoms with Crippen LogP contribution in [0.15, 0.2) is 42.9 Å². The fraction of sp³-hybridized carbons (Fsp3) is 0.348. The van der Waals surface area contributed by atoms with Crippen LogP contribution in [-0.4, -0.2) is 56.9 Å². The summed E-state index contributed by atoms with van der Waals surface area (Å²) in [7, 11) is 0. The Hall–Kier alpha value is -3.57. The van der Waals surface area contributed by atoms with Gasteiger partial charge in [0.15, 0.2) is 5.13 Å². The number of nitrogens with one attached hydrogen (secondary N) is 2. The molecule has 0 bridgehead atoms. The van der Waals surface area contributed by atoms with E-state index in [1.165, 1.54) is 11.3 Å². The fourth-order valence-electron chi connectivity index (χ4n) is 3.73. The summed E-state index contributed by atoms with van der Waals surface area (Å²) in [5, 5.41) is 11.6. The van der Waals surface area contributed by atoms with Gasteiger partial charge in [-0.1, -0.05) is 23.5 Å². The van der Waals surface area contributed by atoms with E-state index in [1.54, 1.807) is 12.4 Å². The number of carbonyl (C=O) groups excluding carboxylic acids is 1. The highest BCUT2D eigenvalue weighted by Gasteiger charge is 2.18. The van der Waals surface area contributed by atoms with E-state index in [-0.39, 0.29) is 11.9 Å². The van der Waals surface area contributed by atoms with Crippen molar-refractivity contribution in [3.05, 3.63) is 53.3 Å². The van der Waals surface area contributed by atoms with E-state index in [0.717, 1.165) is 41.5 Å². The molecule has 1 aliphatic heterocycles. The monoisotopic (exact) mass is 478 g/mol. The number of rotatable bonds is 7. The maximum Gasteiger partial charge on any atom is 0.267 e. The molecule has 0 aliphatic carbocycles. The molecule has 11 heteroatoms. The molecule has 3 aromatic heterocycles. The number of hydrogen-bond donors (Lipinski definition) is 2. The molecule has 5 rings (SSSR count).